The number of aromatic nitrogens is 6. The number of rotatable bonds is 2. The van der Waals surface area contributed by atoms with Crippen LogP contribution in [0.15, 0.2) is 18.5 Å². The molecule has 3 aromatic rings. The van der Waals surface area contributed by atoms with Gasteiger partial charge in [0.05, 0.1) is 5.69 Å². The first kappa shape index (κ1) is 13.9. The fraction of sp³-hybridized carbons (Fsp3) is 0.400. The van der Waals surface area contributed by atoms with Crippen molar-refractivity contribution in [3.8, 4) is 0 Å². The molecule has 1 atom stereocenters. The molecule has 1 N–H and O–H groups in total. The van der Waals surface area contributed by atoms with Crippen LogP contribution >= 0.6 is 0 Å². The number of carbonyl (C=O) groups is 1. The normalized spacial score (nSPS) is 17.2. The maximum absolute atomic E-state index is 12.7. The number of nitrogens with one attached hydrogen (secondary N) is 1. The van der Waals surface area contributed by atoms with Gasteiger partial charge in [-0.2, -0.15) is 5.10 Å². The van der Waals surface area contributed by atoms with Crippen molar-refractivity contribution in [2.45, 2.75) is 39.3 Å². The fourth-order valence-corrected chi connectivity index (χ4v) is 3.10. The van der Waals surface area contributed by atoms with Crippen LogP contribution < -0.4 is 5.32 Å². The molecule has 0 saturated heterocycles. The summed E-state index contributed by atoms with van der Waals surface area (Å²) in [6.07, 6.45) is 5.13. The molecule has 4 heterocycles. The molecule has 1 aliphatic rings. The SMILES string of the molecule is Cc1nn2cccnc2c1C(=O)N[C@@H]1CCc2nnc(C)n2C1. The molecule has 0 spiro atoms. The topological polar surface area (TPSA) is 90.0 Å². The molecule has 8 nitrogen and oxygen atoms in total. The Bertz CT molecular complexity index is 895. The number of hydrogen-bond donors (Lipinski definition) is 1. The number of nitrogens with zero attached hydrogens (tertiary/aromatic N) is 6. The maximum Gasteiger partial charge on any atom is 0.257 e. The molecular formula is C15H17N7O. The molecule has 0 saturated carbocycles. The van der Waals surface area contributed by atoms with Gasteiger partial charge in [-0.15, -0.1) is 10.2 Å². The third kappa shape index (κ3) is 2.26. The van der Waals surface area contributed by atoms with Gasteiger partial charge >= 0.3 is 0 Å². The first-order valence-electron chi connectivity index (χ1n) is 7.63. The summed E-state index contributed by atoms with van der Waals surface area (Å²) in [5.74, 6) is 1.74. The molecule has 0 unspecified atom stereocenters. The van der Waals surface area contributed by atoms with E-state index in [0.29, 0.717) is 23.4 Å². The lowest BCUT2D eigenvalue weighted by molar-refractivity contribution is 0.0928. The van der Waals surface area contributed by atoms with Crippen LogP contribution in [0.1, 0.15) is 34.1 Å². The van der Waals surface area contributed by atoms with E-state index < -0.39 is 0 Å². The largest absolute Gasteiger partial charge is 0.347 e. The van der Waals surface area contributed by atoms with Gasteiger partial charge in [-0.3, -0.25) is 4.79 Å². The predicted octanol–water partition coefficient (Wildman–Crippen LogP) is 0.682. The maximum atomic E-state index is 12.7. The Labute approximate surface area is 132 Å². The minimum Gasteiger partial charge on any atom is -0.347 e. The number of fused-ring (bicyclic) bond motifs is 2. The summed E-state index contributed by atoms with van der Waals surface area (Å²) in [4.78, 5) is 17.0. The summed E-state index contributed by atoms with van der Waals surface area (Å²) >= 11 is 0. The van der Waals surface area contributed by atoms with Crippen LogP contribution in [0.25, 0.3) is 5.65 Å². The summed E-state index contributed by atoms with van der Waals surface area (Å²) in [5, 5.41) is 15.7. The molecule has 8 heteroatoms. The van der Waals surface area contributed by atoms with Crippen LogP contribution in [0.4, 0.5) is 0 Å². The highest BCUT2D eigenvalue weighted by Crippen LogP contribution is 2.17. The summed E-state index contributed by atoms with van der Waals surface area (Å²) in [5.41, 5.74) is 1.80. The van der Waals surface area contributed by atoms with Crippen LogP contribution in [0.2, 0.25) is 0 Å². The Hall–Kier alpha value is -2.77. The van der Waals surface area contributed by atoms with Gasteiger partial charge in [0, 0.05) is 31.4 Å². The van der Waals surface area contributed by atoms with E-state index in [4.69, 9.17) is 0 Å². The fourth-order valence-electron chi connectivity index (χ4n) is 3.10. The van der Waals surface area contributed by atoms with Crippen molar-refractivity contribution in [1.29, 1.82) is 0 Å². The Morgan fingerprint density at radius 3 is 3.09 bits per heavy atom. The van der Waals surface area contributed by atoms with Crippen LogP contribution in [0.5, 0.6) is 0 Å². The van der Waals surface area contributed by atoms with Gasteiger partial charge in [0.2, 0.25) is 0 Å². The molecule has 0 fully saturated rings. The lowest BCUT2D eigenvalue weighted by Gasteiger charge is -2.24. The summed E-state index contributed by atoms with van der Waals surface area (Å²) in [6.45, 7) is 4.46. The number of amides is 1. The van der Waals surface area contributed by atoms with Crippen molar-refractivity contribution in [2.75, 3.05) is 0 Å². The van der Waals surface area contributed by atoms with Gasteiger partial charge in [0.1, 0.15) is 17.2 Å². The first-order chi connectivity index (χ1) is 11.1. The van der Waals surface area contributed by atoms with E-state index in [1.807, 2.05) is 13.8 Å². The molecule has 0 bridgehead atoms. The lowest BCUT2D eigenvalue weighted by Crippen LogP contribution is -2.41. The average molecular weight is 311 g/mol. The highest BCUT2D eigenvalue weighted by molar-refractivity contribution is 6.01. The van der Waals surface area contributed by atoms with Crippen molar-refractivity contribution in [2.24, 2.45) is 0 Å². The Morgan fingerprint density at radius 2 is 2.22 bits per heavy atom. The Balaban J connectivity index is 1.58. The molecule has 3 aromatic heterocycles. The second-order valence-electron chi connectivity index (χ2n) is 5.83. The van der Waals surface area contributed by atoms with E-state index >= 15 is 0 Å². The van der Waals surface area contributed by atoms with Crippen LogP contribution in [0.3, 0.4) is 0 Å². The Morgan fingerprint density at radius 1 is 1.35 bits per heavy atom. The van der Waals surface area contributed by atoms with Gasteiger partial charge in [-0.05, 0) is 26.3 Å². The highest BCUT2D eigenvalue weighted by atomic mass is 16.1. The molecule has 118 valence electrons. The summed E-state index contributed by atoms with van der Waals surface area (Å²) in [7, 11) is 0. The highest BCUT2D eigenvalue weighted by Gasteiger charge is 2.25. The molecule has 0 radical (unpaired) electrons. The molecule has 4 rings (SSSR count). The standard InChI is InChI=1S/C15H17N7O/c1-9-13(14-16-6-3-7-22(14)20-9)15(23)17-11-4-5-12-19-18-10(2)21(12)8-11/h3,6-7,11H,4-5,8H2,1-2H3,(H,17,23)/t11-/m1/s1. The Kier molecular flexibility index (Phi) is 3.10. The monoisotopic (exact) mass is 311 g/mol. The van der Waals surface area contributed by atoms with E-state index in [2.05, 4.69) is 30.2 Å². The van der Waals surface area contributed by atoms with Crippen LogP contribution in [-0.4, -0.2) is 41.3 Å². The molecule has 1 aliphatic heterocycles. The van der Waals surface area contributed by atoms with E-state index in [-0.39, 0.29) is 11.9 Å². The minimum atomic E-state index is -0.129. The zero-order valence-corrected chi connectivity index (χ0v) is 13.0. The average Bonchev–Trinajstić information content (AvgIpc) is 3.07. The van der Waals surface area contributed by atoms with E-state index in [1.165, 1.54) is 0 Å². The van der Waals surface area contributed by atoms with Crippen molar-refractivity contribution in [1.82, 2.24) is 34.7 Å². The second-order valence-corrected chi connectivity index (χ2v) is 5.83. The summed E-state index contributed by atoms with van der Waals surface area (Å²) < 4.78 is 3.70. The number of hydrogen-bond acceptors (Lipinski definition) is 5. The van der Waals surface area contributed by atoms with Gasteiger partial charge in [-0.25, -0.2) is 9.50 Å². The predicted molar refractivity (Wildman–Crippen MR) is 82.1 cm³/mol. The third-order valence-corrected chi connectivity index (χ3v) is 4.26. The molecule has 1 amide bonds. The van der Waals surface area contributed by atoms with Crippen molar-refractivity contribution in [3.05, 3.63) is 41.4 Å². The minimum absolute atomic E-state index is 0.0581. The second kappa shape index (κ2) is 5.15. The third-order valence-electron chi connectivity index (χ3n) is 4.26. The molecular weight excluding hydrogens is 294 g/mol. The van der Waals surface area contributed by atoms with Crippen molar-refractivity contribution in [3.63, 3.8) is 0 Å². The smallest absolute Gasteiger partial charge is 0.257 e. The van der Waals surface area contributed by atoms with Gasteiger partial charge in [-0.1, -0.05) is 0 Å². The van der Waals surface area contributed by atoms with Crippen molar-refractivity contribution >= 4 is 11.6 Å². The van der Waals surface area contributed by atoms with Gasteiger partial charge in [0.15, 0.2) is 5.65 Å². The van der Waals surface area contributed by atoms with Gasteiger partial charge < -0.3 is 9.88 Å². The molecule has 0 aliphatic carbocycles. The lowest BCUT2D eigenvalue weighted by atomic mass is 10.1. The van der Waals surface area contributed by atoms with E-state index in [0.717, 1.165) is 24.5 Å². The summed E-state index contributed by atoms with van der Waals surface area (Å²) in [6, 6.07) is 1.85. The van der Waals surface area contributed by atoms with E-state index in [9.17, 15) is 4.79 Å². The van der Waals surface area contributed by atoms with E-state index in [1.54, 1.807) is 23.0 Å². The quantitative estimate of drug-likeness (QED) is 0.752. The first-order valence-corrected chi connectivity index (χ1v) is 7.63. The van der Waals surface area contributed by atoms with Crippen molar-refractivity contribution < 1.29 is 4.79 Å². The zero-order valence-electron chi connectivity index (χ0n) is 13.0. The van der Waals surface area contributed by atoms with Crippen LogP contribution in [0, 0.1) is 13.8 Å². The molecule has 23 heavy (non-hydrogen) atoms. The number of carbonyl (C=O) groups excluding carboxylic acids is 1. The van der Waals surface area contributed by atoms with Gasteiger partial charge in [0.25, 0.3) is 5.91 Å². The zero-order chi connectivity index (χ0) is 16.0. The number of aryl methyl sites for hydroxylation is 3. The van der Waals surface area contributed by atoms with Crippen LogP contribution in [-0.2, 0) is 13.0 Å². The molecule has 0 aromatic carbocycles.